The first-order valence-electron chi connectivity index (χ1n) is 17.1. The van der Waals surface area contributed by atoms with Crippen LogP contribution in [0.3, 0.4) is 0 Å². The molecule has 0 unspecified atom stereocenters. The molecule has 0 fully saturated rings. The van der Waals surface area contributed by atoms with E-state index < -0.39 is 0 Å². The van der Waals surface area contributed by atoms with Crippen molar-refractivity contribution >= 4 is 38.6 Å². The van der Waals surface area contributed by atoms with Gasteiger partial charge < -0.3 is 4.90 Å². The van der Waals surface area contributed by atoms with E-state index in [0.29, 0.717) is 11.1 Å². The molecule has 8 aromatic rings. The summed E-state index contributed by atoms with van der Waals surface area (Å²) in [6.45, 7) is 0. The van der Waals surface area contributed by atoms with Crippen LogP contribution in [0, 0.1) is 0 Å². The van der Waals surface area contributed by atoms with E-state index in [4.69, 9.17) is 2.74 Å². The topological polar surface area (TPSA) is 3.24 Å². The molecule has 212 valence electrons. The minimum Gasteiger partial charge on any atom is -0.310 e. The predicted molar refractivity (Wildman–Crippen MR) is 192 cm³/mol. The van der Waals surface area contributed by atoms with Crippen LogP contribution in [-0.4, -0.2) is 0 Å². The number of rotatable bonds is 6. The molecule has 0 bridgehead atoms. The van der Waals surface area contributed by atoms with Gasteiger partial charge in [0, 0.05) is 17.1 Å². The molecule has 0 saturated carbocycles. The van der Waals surface area contributed by atoms with Gasteiger partial charge in [-0.25, -0.2) is 0 Å². The number of benzene rings is 8. The second kappa shape index (κ2) is 11.6. The van der Waals surface area contributed by atoms with Crippen LogP contribution in [0.5, 0.6) is 0 Å². The number of nitrogens with zero attached hydrogens (tertiary/aromatic N) is 1. The third-order valence-electron chi connectivity index (χ3n) is 8.33. The minimum absolute atomic E-state index is 0.0325. The summed E-state index contributed by atoms with van der Waals surface area (Å²) in [5.41, 5.74) is 7.00. The molecule has 8 rings (SSSR count). The number of anilines is 3. The highest BCUT2D eigenvalue weighted by molar-refractivity contribution is 5.99. The molecular weight excluding hydrogens is 542 g/mol. The normalized spacial score (nSPS) is 12.4. The summed E-state index contributed by atoms with van der Waals surface area (Å²) in [6.07, 6.45) is 0. The molecule has 0 aromatic heterocycles. The van der Waals surface area contributed by atoms with Crippen LogP contribution in [0.4, 0.5) is 17.1 Å². The Bertz CT molecular complexity index is 2480. The monoisotopic (exact) mass is 577 g/mol. The standard InChI is InChI=1S/C44H31N/c1-2-12-32(13-3-1)33-26-28-38(29-27-33)45(39-20-8-18-36(30-39)43-24-10-16-34-14-4-6-22-41(34)43)40-21-9-19-37(31-40)44-25-11-17-35-15-5-7-23-42(35)44/h1-31H/i8D,18D,20D,30D. The summed E-state index contributed by atoms with van der Waals surface area (Å²) in [7, 11) is 0. The van der Waals surface area contributed by atoms with Crippen LogP contribution in [0.25, 0.3) is 54.9 Å². The Kier molecular flexibility index (Phi) is 5.84. The van der Waals surface area contributed by atoms with Crippen molar-refractivity contribution in [1.82, 2.24) is 0 Å². The van der Waals surface area contributed by atoms with Gasteiger partial charge in [0.2, 0.25) is 0 Å². The molecule has 0 aliphatic heterocycles. The van der Waals surface area contributed by atoms with Crippen LogP contribution in [0.2, 0.25) is 0 Å². The summed E-state index contributed by atoms with van der Waals surface area (Å²) >= 11 is 0. The molecule has 0 atom stereocenters. The van der Waals surface area contributed by atoms with Crippen molar-refractivity contribution in [3.8, 4) is 33.4 Å². The van der Waals surface area contributed by atoms with Crippen molar-refractivity contribution in [2.45, 2.75) is 0 Å². The SMILES string of the molecule is [2H]c1c([2H])c(-c2cccc3ccccc23)c([2H])c(N(c2ccc(-c3ccccc3)cc2)c2cccc(-c3cccc4ccccc34)c2)c1[2H]. The average Bonchev–Trinajstić information content (AvgIpc) is 3.16. The maximum Gasteiger partial charge on any atom is 0.0651 e. The Morgan fingerprint density at radius 1 is 0.378 bits per heavy atom. The highest BCUT2D eigenvalue weighted by atomic mass is 15.1. The van der Waals surface area contributed by atoms with E-state index in [9.17, 15) is 2.74 Å². The molecular formula is C44H31N. The fourth-order valence-electron chi connectivity index (χ4n) is 6.15. The largest absolute Gasteiger partial charge is 0.310 e. The fourth-order valence-corrected chi connectivity index (χ4v) is 6.15. The van der Waals surface area contributed by atoms with E-state index >= 15 is 0 Å². The van der Waals surface area contributed by atoms with Gasteiger partial charge in [0.15, 0.2) is 0 Å². The number of fused-ring (bicyclic) bond motifs is 2. The van der Waals surface area contributed by atoms with E-state index in [2.05, 4.69) is 54.6 Å². The zero-order valence-electron chi connectivity index (χ0n) is 28.5. The molecule has 0 N–H and O–H groups in total. The molecule has 0 aliphatic rings. The van der Waals surface area contributed by atoms with E-state index in [1.807, 2.05) is 114 Å². The third-order valence-corrected chi connectivity index (χ3v) is 8.33. The van der Waals surface area contributed by atoms with E-state index in [0.717, 1.165) is 55.2 Å². The first-order valence-corrected chi connectivity index (χ1v) is 15.1. The Morgan fingerprint density at radius 2 is 0.933 bits per heavy atom. The first kappa shape index (κ1) is 22.6. The molecule has 0 amide bonds. The van der Waals surface area contributed by atoms with Crippen LogP contribution in [0.1, 0.15) is 5.48 Å². The molecule has 0 spiro atoms. The lowest BCUT2D eigenvalue weighted by atomic mass is 9.97. The van der Waals surface area contributed by atoms with Crippen molar-refractivity contribution in [2.24, 2.45) is 0 Å². The van der Waals surface area contributed by atoms with Gasteiger partial charge in [-0.15, -0.1) is 0 Å². The van der Waals surface area contributed by atoms with E-state index in [1.54, 1.807) is 0 Å². The number of hydrogen-bond acceptors (Lipinski definition) is 1. The summed E-state index contributed by atoms with van der Waals surface area (Å²) in [5, 5.41) is 4.16. The quantitative estimate of drug-likeness (QED) is 0.190. The predicted octanol–water partition coefficient (Wildman–Crippen LogP) is 12.5. The van der Waals surface area contributed by atoms with Crippen molar-refractivity contribution in [1.29, 1.82) is 0 Å². The Balaban J connectivity index is 1.38. The molecule has 0 aliphatic carbocycles. The molecule has 1 heteroatoms. The second-order valence-corrected chi connectivity index (χ2v) is 11.1. The average molecular weight is 578 g/mol. The molecule has 45 heavy (non-hydrogen) atoms. The Morgan fingerprint density at radius 3 is 1.64 bits per heavy atom. The Labute approximate surface area is 269 Å². The molecule has 0 heterocycles. The van der Waals surface area contributed by atoms with Gasteiger partial charge >= 0.3 is 0 Å². The second-order valence-electron chi connectivity index (χ2n) is 11.1. The van der Waals surface area contributed by atoms with Crippen LogP contribution in [0.15, 0.2) is 188 Å². The first-order chi connectivity index (χ1) is 24.0. The van der Waals surface area contributed by atoms with Crippen LogP contribution >= 0.6 is 0 Å². The molecule has 0 saturated heterocycles. The molecule has 0 radical (unpaired) electrons. The van der Waals surface area contributed by atoms with Crippen molar-refractivity contribution < 1.29 is 5.48 Å². The van der Waals surface area contributed by atoms with Gasteiger partial charge in [0.25, 0.3) is 0 Å². The van der Waals surface area contributed by atoms with Gasteiger partial charge in [0.1, 0.15) is 0 Å². The van der Waals surface area contributed by atoms with Gasteiger partial charge in [-0.1, -0.05) is 152 Å². The summed E-state index contributed by atoms with van der Waals surface area (Å²) < 4.78 is 37.0. The minimum atomic E-state index is -0.218. The lowest BCUT2D eigenvalue weighted by molar-refractivity contribution is 1.28. The highest BCUT2D eigenvalue weighted by Gasteiger charge is 2.16. The summed E-state index contributed by atoms with van der Waals surface area (Å²) in [5.74, 6) is 0. The van der Waals surface area contributed by atoms with Gasteiger partial charge in [0.05, 0.1) is 5.48 Å². The summed E-state index contributed by atoms with van der Waals surface area (Å²) in [4.78, 5) is 1.90. The van der Waals surface area contributed by atoms with Crippen molar-refractivity contribution in [3.63, 3.8) is 0 Å². The van der Waals surface area contributed by atoms with Crippen molar-refractivity contribution in [3.05, 3.63) is 188 Å². The van der Waals surface area contributed by atoms with E-state index in [1.165, 1.54) is 0 Å². The fraction of sp³-hybridized carbons (Fsp3) is 0. The lowest BCUT2D eigenvalue weighted by Crippen LogP contribution is -2.10. The molecule has 1 nitrogen and oxygen atoms in total. The lowest BCUT2D eigenvalue weighted by Gasteiger charge is -2.27. The highest BCUT2D eigenvalue weighted by Crippen LogP contribution is 2.40. The van der Waals surface area contributed by atoms with Crippen LogP contribution in [-0.2, 0) is 0 Å². The Hall–Kier alpha value is -5.92. The third kappa shape index (κ3) is 5.15. The van der Waals surface area contributed by atoms with Crippen molar-refractivity contribution in [2.75, 3.05) is 4.90 Å². The zero-order valence-corrected chi connectivity index (χ0v) is 24.5. The van der Waals surface area contributed by atoms with Gasteiger partial charge in [-0.2, -0.15) is 0 Å². The smallest absolute Gasteiger partial charge is 0.0651 e. The van der Waals surface area contributed by atoms with Crippen LogP contribution < -0.4 is 4.90 Å². The molecule has 8 aromatic carbocycles. The van der Waals surface area contributed by atoms with Gasteiger partial charge in [-0.05, 0) is 91.3 Å². The van der Waals surface area contributed by atoms with E-state index in [-0.39, 0.29) is 29.9 Å². The number of hydrogen-bond donors (Lipinski definition) is 0. The maximum absolute atomic E-state index is 9.70. The summed E-state index contributed by atoms with van der Waals surface area (Å²) in [6, 6.07) is 54.2. The van der Waals surface area contributed by atoms with Gasteiger partial charge in [-0.3, -0.25) is 0 Å². The zero-order chi connectivity index (χ0) is 33.5. The maximum atomic E-state index is 9.70.